The third-order valence-electron chi connectivity index (χ3n) is 6.40. The summed E-state index contributed by atoms with van der Waals surface area (Å²) in [7, 11) is 5.95. The molecule has 0 bridgehead atoms. The van der Waals surface area contributed by atoms with Gasteiger partial charge in [-0.1, -0.05) is 6.07 Å². The van der Waals surface area contributed by atoms with Crippen LogP contribution in [-0.4, -0.2) is 65.5 Å². The third kappa shape index (κ3) is 4.47. The first kappa shape index (κ1) is 23.0. The molecule has 2 N–H and O–H groups in total. The van der Waals surface area contributed by atoms with Crippen LogP contribution in [0.15, 0.2) is 55.1 Å². The maximum absolute atomic E-state index is 14.6. The number of benzene rings is 1. The normalized spacial score (nSPS) is 11.8. The van der Waals surface area contributed by atoms with Crippen LogP contribution in [0.1, 0.15) is 12.0 Å². The number of aromatic amines is 2. The summed E-state index contributed by atoms with van der Waals surface area (Å²) < 4.78 is 16.3. The Labute approximate surface area is 212 Å². The molecule has 5 heterocycles. The Balaban J connectivity index is 1.40. The largest absolute Gasteiger partial charge is 0.335 e. The van der Waals surface area contributed by atoms with Crippen molar-refractivity contribution in [1.82, 2.24) is 44.8 Å². The predicted molar refractivity (Wildman–Crippen MR) is 141 cm³/mol. The van der Waals surface area contributed by atoms with Gasteiger partial charge in [-0.2, -0.15) is 10.2 Å². The zero-order valence-corrected chi connectivity index (χ0v) is 20.8. The van der Waals surface area contributed by atoms with Crippen molar-refractivity contribution in [1.29, 1.82) is 0 Å². The molecular weight excluding hydrogens is 469 g/mol. The molecule has 0 atom stereocenters. The van der Waals surface area contributed by atoms with Gasteiger partial charge in [-0.15, -0.1) is 0 Å². The van der Waals surface area contributed by atoms with Crippen LogP contribution in [0.2, 0.25) is 0 Å². The Hall–Kier alpha value is -4.44. The number of rotatable bonds is 7. The number of aromatic nitrogens is 8. The van der Waals surface area contributed by atoms with Gasteiger partial charge in [0.25, 0.3) is 0 Å². The van der Waals surface area contributed by atoms with E-state index in [1.165, 1.54) is 0 Å². The number of nitrogens with one attached hydrogen (secondary N) is 2. The molecule has 5 aromatic heterocycles. The second kappa shape index (κ2) is 9.21. The Bertz CT molecular complexity index is 1730. The zero-order valence-electron chi connectivity index (χ0n) is 20.8. The van der Waals surface area contributed by atoms with E-state index in [1.807, 2.05) is 45.5 Å². The molecule has 0 aliphatic heterocycles. The van der Waals surface area contributed by atoms with Crippen LogP contribution in [-0.2, 0) is 13.5 Å². The van der Waals surface area contributed by atoms with Gasteiger partial charge < -0.3 is 9.88 Å². The Morgan fingerprint density at radius 2 is 1.95 bits per heavy atom. The molecule has 9 nitrogen and oxygen atoms in total. The summed E-state index contributed by atoms with van der Waals surface area (Å²) in [5, 5.41) is 12.7. The highest BCUT2D eigenvalue weighted by molar-refractivity contribution is 5.96. The number of pyridine rings is 2. The van der Waals surface area contributed by atoms with Crippen LogP contribution in [0.4, 0.5) is 4.39 Å². The Kier molecular flexibility index (Phi) is 5.72. The van der Waals surface area contributed by atoms with Gasteiger partial charge in [0.05, 0.1) is 29.1 Å². The first-order chi connectivity index (χ1) is 17.9. The van der Waals surface area contributed by atoms with Gasteiger partial charge in [0.2, 0.25) is 0 Å². The van der Waals surface area contributed by atoms with Gasteiger partial charge in [-0.25, -0.2) is 14.4 Å². The SMILES string of the molecule is CN(C)CCCc1cc(F)cc(-c2ccnc3nc(-c4n[nH]c5cnc(-c6cnn(C)c6)cc45)[nH]c23)c1. The van der Waals surface area contributed by atoms with Crippen molar-refractivity contribution in [2.75, 3.05) is 20.6 Å². The van der Waals surface area contributed by atoms with E-state index in [1.54, 1.807) is 35.4 Å². The van der Waals surface area contributed by atoms with E-state index in [4.69, 9.17) is 4.98 Å². The number of imidazole rings is 1. The number of hydrogen-bond acceptors (Lipinski definition) is 6. The lowest BCUT2D eigenvalue weighted by molar-refractivity contribution is 0.400. The molecule has 1 aromatic carbocycles. The molecule has 6 aromatic rings. The molecule has 37 heavy (non-hydrogen) atoms. The zero-order chi connectivity index (χ0) is 25.5. The molecule has 0 spiro atoms. The van der Waals surface area contributed by atoms with Crippen LogP contribution >= 0.6 is 0 Å². The van der Waals surface area contributed by atoms with Crippen molar-refractivity contribution in [3.8, 4) is 33.9 Å². The van der Waals surface area contributed by atoms with E-state index in [0.717, 1.165) is 63.8 Å². The number of aryl methyl sites for hydroxylation is 2. The minimum atomic E-state index is -0.254. The average molecular weight is 496 g/mol. The predicted octanol–water partition coefficient (Wildman–Crippen LogP) is 4.60. The van der Waals surface area contributed by atoms with Gasteiger partial charge in [0, 0.05) is 36.0 Å². The summed E-state index contributed by atoms with van der Waals surface area (Å²) in [6.07, 6.45) is 8.91. The minimum absolute atomic E-state index is 0.254. The minimum Gasteiger partial charge on any atom is -0.335 e. The van der Waals surface area contributed by atoms with Crippen molar-refractivity contribution in [2.45, 2.75) is 12.8 Å². The number of fused-ring (bicyclic) bond motifs is 2. The fourth-order valence-corrected chi connectivity index (χ4v) is 4.62. The van der Waals surface area contributed by atoms with Gasteiger partial charge >= 0.3 is 0 Å². The van der Waals surface area contributed by atoms with Crippen molar-refractivity contribution >= 4 is 22.1 Å². The third-order valence-corrected chi connectivity index (χ3v) is 6.40. The standard InChI is InChI=1S/C27H26FN9/c1-36(2)8-4-5-16-9-17(11-19(28)10-16)20-6-7-29-26-24(20)32-27(33-26)25-21-12-22(18-13-31-37(3)15-18)30-14-23(21)34-35-25/h6-7,9-15H,4-5,8H2,1-3H3,(H,34,35)(H,29,32,33). The van der Waals surface area contributed by atoms with Crippen molar-refractivity contribution in [2.24, 2.45) is 7.05 Å². The summed E-state index contributed by atoms with van der Waals surface area (Å²) in [4.78, 5) is 19.2. The summed E-state index contributed by atoms with van der Waals surface area (Å²) in [6.45, 7) is 0.949. The van der Waals surface area contributed by atoms with Gasteiger partial charge in [-0.3, -0.25) is 14.8 Å². The van der Waals surface area contributed by atoms with Gasteiger partial charge in [0.15, 0.2) is 11.5 Å². The van der Waals surface area contributed by atoms with E-state index in [2.05, 4.69) is 35.1 Å². The molecule has 0 aliphatic rings. The van der Waals surface area contributed by atoms with Crippen molar-refractivity contribution in [3.63, 3.8) is 0 Å². The van der Waals surface area contributed by atoms with E-state index in [9.17, 15) is 4.39 Å². The van der Waals surface area contributed by atoms with E-state index in [0.29, 0.717) is 17.2 Å². The van der Waals surface area contributed by atoms with Gasteiger partial charge in [-0.05, 0) is 68.9 Å². The molecule has 0 saturated carbocycles. The first-order valence-corrected chi connectivity index (χ1v) is 12.1. The molecule has 6 rings (SSSR count). The first-order valence-electron chi connectivity index (χ1n) is 12.1. The lowest BCUT2D eigenvalue weighted by Crippen LogP contribution is -2.13. The second-order valence-electron chi connectivity index (χ2n) is 9.49. The maximum atomic E-state index is 14.6. The molecule has 0 saturated heterocycles. The van der Waals surface area contributed by atoms with Crippen LogP contribution in [0.25, 0.3) is 56.0 Å². The molecule has 10 heteroatoms. The quantitative estimate of drug-likeness (QED) is 0.336. The molecule has 0 radical (unpaired) electrons. The van der Waals surface area contributed by atoms with E-state index in [-0.39, 0.29) is 5.82 Å². The highest BCUT2D eigenvalue weighted by Gasteiger charge is 2.17. The highest BCUT2D eigenvalue weighted by Crippen LogP contribution is 2.32. The highest BCUT2D eigenvalue weighted by atomic mass is 19.1. The van der Waals surface area contributed by atoms with Gasteiger partial charge in [0.1, 0.15) is 11.5 Å². The summed E-state index contributed by atoms with van der Waals surface area (Å²) >= 11 is 0. The molecule has 0 fully saturated rings. The van der Waals surface area contributed by atoms with Crippen LogP contribution in [0.5, 0.6) is 0 Å². The second-order valence-corrected chi connectivity index (χ2v) is 9.49. The Morgan fingerprint density at radius 3 is 2.76 bits per heavy atom. The summed E-state index contributed by atoms with van der Waals surface area (Å²) in [5.74, 6) is 0.322. The number of H-pyrrole nitrogens is 2. The molecule has 0 amide bonds. The number of nitrogens with zero attached hydrogens (tertiary/aromatic N) is 7. The van der Waals surface area contributed by atoms with Crippen LogP contribution in [0.3, 0.4) is 0 Å². The molecule has 0 unspecified atom stereocenters. The molecule has 0 aliphatic carbocycles. The smallest absolute Gasteiger partial charge is 0.178 e. The number of halogens is 1. The molecular formula is C27H26FN9. The fraction of sp³-hybridized carbons (Fsp3) is 0.222. The van der Waals surface area contributed by atoms with Crippen LogP contribution < -0.4 is 0 Å². The summed E-state index contributed by atoms with van der Waals surface area (Å²) in [6, 6.07) is 9.07. The molecule has 186 valence electrons. The maximum Gasteiger partial charge on any atom is 0.178 e. The van der Waals surface area contributed by atoms with E-state index < -0.39 is 0 Å². The van der Waals surface area contributed by atoms with Crippen molar-refractivity contribution in [3.05, 3.63) is 66.5 Å². The lowest BCUT2D eigenvalue weighted by atomic mass is 10.0. The average Bonchev–Trinajstić information content (AvgIpc) is 3.60. The monoisotopic (exact) mass is 495 g/mol. The summed E-state index contributed by atoms with van der Waals surface area (Å²) in [5.41, 5.74) is 7.04. The lowest BCUT2D eigenvalue weighted by Gasteiger charge is -2.10. The Morgan fingerprint density at radius 1 is 1.05 bits per heavy atom. The topological polar surface area (TPSA) is 104 Å². The van der Waals surface area contributed by atoms with Crippen molar-refractivity contribution < 1.29 is 4.39 Å². The fourth-order valence-electron chi connectivity index (χ4n) is 4.62. The van der Waals surface area contributed by atoms with Crippen LogP contribution in [0, 0.1) is 5.82 Å². The van der Waals surface area contributed by atoms with E-state index >= 15 is 0 Å². The number of hydrogen-bond donors (Lipinski definition) is 2.